The van der Waals surface area contributed by atoms with Crippen molar-refractivity contribution in [2.45, 2.75) is 18.4 Å². The van der Waals surface area contributed by atoms with Crippen LogP contribution < -0.4 is 10.6 Å². The van der Waals surface area contributed by atoms with Crippen LogP contribution in [0.3, 0.4) is 0 Å². The zero-order chi connectivity index (χ0) is 13.1. The van der Waals surface area contributed by atoms with E-state index < -0.39 is 0 Å². The highest BCUT2D eigenvalue weighted by Gasteiger charge is 2.45. The molecular weight excluding hydrogens is 240 g/mol. The molecule has 0 saturated heterocycles. The highest BCUT2D eigenvalue weighted by atomic mass is 16.2. The van der Waals surface area contributed by atoms with Gasteiger partial charge in [0.25, 0.3) is 0 Å². The van der Waals surface area contributed by atoms with E-state index in [9.17, 15) is 4.79 Å². The van der Waals surface area contributed by atoms with Gasteiger partial charge in [-0.2, -0.15) is 0 Å². The van der Waals surface area contributed by atoms with Crippen LogP contribution in [0.1, 0.15) is 18.4 Å². The Morgan fingerprint density at radius 1 is 1.05 bits per heavy atom. The lowest BCUT2D eigenvalue weighted by Crippen LogP contribution is -2.38. The van der Waals surface area contributed by atoms with Gasteiger partial charge >= 0.3 is 6.03 Å². The molecule has 0 unspecified atom stereocenters. The van der Waals surface area contributed by atoms with Crippen LogP contribution in [0.5, 0.6) is 0 Å². The van der Waals surface area contributed by atoms with E-state index in [1.54, 1.807) is 18.5 Å². The van der Waals surface area contributed by atoms with Gasteiger partial charge in [0.1, 0.15) is 0 Å². The van der Waals surface area contributed by atoms with Gasteiger partial charge in [-0.1, -0.05) is 30.3 Å². The number of nitrogens with zero attached hydrogens (tertiary/aromatic N) is 2. The Hall–Kier alpha value is -2.43. The fourth-order valence-electron chi connectivity index (χ4n) is 2.08. The number of hydrogen-bond acceptors (Lipinski definition) is 3. The topological polar surface area (TPSA) is 66.9 Å². The standard InChI is InChI=1S/C14H14N4O/c19-13(17-12-15-9-4-10-16-12)18-14(7-8-14)11-5-2-1-3-6-11/h1-6,9-10H,7-8H2,(H2,15,16,17,18,19). The van der Waals surface area contributed by atoms with Crippen LogP contribution in [-0.4, -0.2) is 16.0 Å². The first-order chi connectivity index (χ1) is 9.28. The Bertz CT molecular complexity index is 567. The minimum atomic E-state index is -0.271. The minimum absolute atomic E-state index is 0.222. The monoisotopic (exact) mass is 254 g/mol. The van der Waals surface area contributed by atoms with Gasteiger partial charge in [0.05, 0.1) is 5.54 Å². The van der Waals surface area contributed by atoms with E-state index in [0.29, 0.717) is 5.95 Å². The first-order valence-electron chi connectivity index (χ1n) is 6.20. The molecule has 0 bridgehead atoms. The third-order valence-electron chi connectivity index (χ3n) is 3.22. The highest BCUT2D eigenvalue weighted by molar-refractivity contribution is 5.88. The molecule has 1 heterocycles. The summed E-state index contributed by atoms with van der Waals surface area (Å²) in [6.07, 6.45) is 5.10. The van der Waals surface area contributed by atoms with Gasteiger partial charge in [0.15, 0.2) is 0 Å². The van der Waals surface area contributed by atoms with Gasteiger partial charge in [-0.15, -0.1) is 0 Å². The molecule has 0 spiro atoms. The Labute approximate surface area is 111 Å². The van der Waals surface area contributed by atoms with Crippen LogP contribution in [0.4, 0.5) is 10.7 Å². The Kier molecular flexibility index (Phi) is 2.87. The summed E-state index contributed by atoms with van der Waals surface area (Å²) in [7, 11) is 0. The summed E-state index contributed by atoms with van der Waals surface area (Å²) in [5.41, 5.74) is 0.916. The Balaban J connectivity index is 1.67. The third kappa shape index (κ3) is 2.54. The number of anilines is 1. The van der Waals surface area contributed by atoms with Crippen molar-refractivity contribution in [3.05, 3.63) is 54.4 Å². The number of benzene rings is 1. The van der Waals surface area contributed by atoms with Gasteiger partial charge in [-0.05, 0) is 24.5 Å². The second kappa shape index (κ2) is 4.68. The molecule has 5 nitrogen and oxygen atoms in total. The fraction of sp³-hybridized carbons (Fsp3) is 0.214. The second-order valence-corrected chi connectivity index (χ2v) is 4.60. The second-order valence-electron chi connectivity index (χ2n) is 4.60. The zero-order valence-corrected chi connectivity index (χ0v) is 10.3. The van der Waals surface area contributed by atoms with Gasteiger partial charge in [-0.3, -0.25) is 5.32 Å². The summed E-state index contributed by atoms with van der Waals surface area (Å²) in [4.78, 5) is 19.9. The van der Waals surface area contributed by atoms with Crippen molar-refractivity contribution in [1.29, 1.82) is 0 Å². The number of nitrogens with one attached hydrogen (secondary N) is 2. The van der Waals surface area contributed by atoms with Crippen LogP contribution in [0, 0.1) is 0 Å². The SMILES string of the molecule is O=C(Nc1ncccn1)NC1(c2ccccc2)CC1. The molecule has 0 radical (unpaired) electrons. The minimum Gasteiger partial charge on any atom is -0.328 e. The van der Waals surface area contributed by atoms with E-state index in [1.165, 1.54) is 0 Å². The third-order valence-corrected chi connectivity index (χ3v) is 3.22. The van der Waals surface area contributed by atoms with Crippen LogP contribution in [0.15, 0.2) is 48.8 Å². The van der Waals surface area contributed by atoms with Gasteiger partial charge in [0, 0.05) is 12.4 Å². The van der Waals surface area contributed by atoms with E-state index in [2.05, 4.69) is 20.6 Å². The van der Waals surface area contributed by atoms with Crippen molar-refractivity contribution in [3.8, 4) is 0 Å². The van der Waals surface area contributed by atoms with Crippen molar-refractivity contribution in [3.63, 3.8) is 0 Å². The van der Waals surface area contributed by atoms with Crippen molar-refractivity contribution in [2.24, 2.45) is 0 Å². The number of carbonyl (C=O) groups excluding carboxylic acids is 1. The molecule has 3 rings (SSSR count). The molecule has 1 aromatic carbocycles. The Morgan fingerprint density at radius 2 is 1.74 bits per heavy atom. The van der Waals surface area contributed by atoms with Gasteiger partial charge < -0.3 is 5.32 Å². The highest BCUT2D eigenvalue weighted by Crippen LogP contribution is 2.45. The number of urea groups is 1. The lowest BCUT2D eigenvalue weighted by molar-refractivity contribution is 0.247. The van der Waals surface area contributed by atoms with Crippen molar-refractivity contribution >= 4 is 12.0 Å². The smallest absolute Gasteiger partial charge is 0.322 e. The average Bonchev–Trinajstić information content (AvgIpc) is 3.21. The summed E-state index contributed by atoms with van der Waals surface area (Å²) >= 11 is 0. The van der Waals surface area contributed by atoms with Gasteiger partial charge in [0.2, 0.25) is 5.95 Å². The summed E-state index contributed by atoms with van der Waals surface area (Å²) in [6.45, 7) is 0. The molecule has 0 atom stereocenters. The largest absolute Gasteiger partial charge is 0.328 e. The molecule has 0 aliphatic heterocycles. The molecule has 1 aliphatic carbocycles. The first kappa shape index (κ1) is 11.6. The molecule has 2 N–H and O–H groups in total. The molecule has 96 valence electrons. The molecule has 19 heavy (non-hydrogen) atoms. The lowest BCUT2D eigenvalue weighted by atomic mass is 10.1. The number of carbonyl (C=O) groups is 1. The van der Waals surface area contributed by atoms with Crippen molar-refractivity contribution in [2.75, 3.05) is 5.32 Å². The molecule has 1 fully saturated rings. The summed E-state index contributed by atoms with van der Waals surface area (Å²) in [5.74, 6) is 0.309. The van der Waals surface area contributed by atoms with Crippen LogP contribution in [-0.2, 0) is 5.54 Å². The average molecular weight is 254 g/mol. The number of hydrogen-bond donors (Lipinski definition) is 2. The molecule has 1 saturated carbocycles. The number of amides is 2. The summed E-state index contributed by atoms with van der Waals surface area (Å²) in [5, 5.41) is 5.64. The van der Waals surface area contributed by atoms with Crippen molar-refractivity contribution < 1.29 is 4.79 Å². The van der Waals surface area contributed by atoms with E-state index >= 15 is 0 Å². The van der Waals surface area contributed by atoms with Crippen LogP contribution >= 0.6 is 0 Å². The fourth-order valence-corrected chi connectivity index (χ4v) is 2.08. The predicted octanol–water partition coefficient (Wildman–Crippen LogP) is 2.29. The summed E-state index contributed by atoms with van der Waals surface area (Å²) in [6, 6.07) is 11.4. The predicted molar refractivity (Wildman–Crippen MR) is 71.5 cm³/mol. The molecule has 1 aromatic heterocycles. The molecular formula is C14H14N4O. The Morgan fingerprint density at radius 3 is 2.37 bits per heavy atom. The van der Waals surface area contributed by atoms with Gasteiger partial charge in [-0.25, -0.2) is 14.8 Å². The summed E-state index contributed by atoms with van der Waals surface area (Å²) < 4.78 is 0. The van der Waals surface area contributed by atoms with Crippen LogP contribution in [0.2, 0.25) is 0 Å². The van der Waals surface area contributed by atoms with E-state index in [-0.39, 0.29) is 11.6 Å². The molecule has 5 heteroatoms. The van der Waals surface area contributed by atoms with E-state index in [4.69, 9.17) is 0 Å². The van der Waals surface area contributed by atoms with Crippen molar-refractivity contribution in [1.82, 2.24) is 15.3 Å². The lowest BCUT2D eigenvalue weighted by Gasteiger charge is -2.17. The quantitative estimate of drug-likeness (QED) is 0.883. The maximum atomic E-state index is 11.9. The van der Waals surface area contributed by atoms with Crippen LogP contribution in [0.25, 0.3) is 0 Å². The molecule has 2 amide bonds. The maximum absolute atomic E-state index is 11.9. The van der Waals surface area contributed by atoms with E-state index in [1.807, 2.05) is 30.3 Å². The number of rotatable bonds is 3. The molecule has 2 aromatic rings. The maximum Gasteiger partial charge on any atom is 0.322 e. The number of aromatic nitrogens is 2. The molecule has 1 aliphatic rings. The van der Waals surface area contributed by atoms with E-state index in [0.717, 1.165) is 18.4 Å². The normalized spacial score (nSPS) is 15.6. The zero-order valence-electron chi connectivity index (χ0n) is 10.3. The first-order valence-corrected chi connectivity index (χ1v) is 6.20.